The van der Waals surface area contributed by atoms with Gasteiger partial charge in [-0.3, -0.25) is 14.9 Å². The molecule has 3 N–H and O–H groups in total. The number of furan rings is 1. The number of anilines is 1. The van der Waals surface area contributed by atoms with E-state index in [0.29, 0.717) is 5.69 Å². The third kappa shape index (κ3) is 5.69. The van der Waals surface area contributed by atoms with Crippen LogP contribution in [0.4, 0.5) is 10.5 Å². The lowest BCUT2D eigenvalue weighted by Crippen LogP contribution is -2.44. The zero-order valence-electron chi connectivity index (χ0n) is 16.5. The Morgan fingerprint density at radius 3 is 2.60 bits per heavy atom. The fraction of sp³-hybridized carbons (Fsp3) is 0.333. The number of amides is 4. The molecule has 2 aromatic rings. The maximum Gasteiger partial charge on any atom is 0.338 e. The summed E-state index contributed by atoms with van der Waals surface area (Å²) in [7, 11) is 0. The van der Waals surface area contributed by atoms with E-state index < -0.39 is 30.4 Å². The molecule has 30 heavy (non-hydrogen) atoms. The molecule has 3 rings (SSSR count). The van der Waals surface area contributed by atoms with Crippen molar-refractivity contribution in [3.05, 3.63) is 53.5 Å². The highest BCUT2D eigenvalue weighted by Crippen LogP contribution is 2.19. The summed E-state index contributed by atoms with van der Waals surface area (Å²) < 4.78 is 10.0. The molecular weight excluding hydrogens is 390 g/mol. The highest BCUT2D eigenvalue weighted by atomic mass is 16.5. The van der Waals surface area contributed by atoms with Gasteiger partial charge in [0.05, 0.1) is 11.8 Å². The Labute approximate surface area is 173 Å². The van der Waals surface area contributed by atoms with Crippen molar-refractivity contribution in [3.63, 3.8) is 0 Å². The summed E-state index contributed by atoms with van der Waals surface area (Å²) in [6.45, 7) is 1.17. The average Bonchev–Trinajstić information content (AvgIpc) is 3.41. The van der Waals surface area contributed by atoms with Gasteiger partial charge in [-0.05, 0) is 49.6 Å². The molecule has 9 heteroatoms. The maximum atomic E-state index is 12.3. The van der Waals surface area contributed by atoms with Gasteiger partial charge in [0, 0.05) is 11.7 Å². The topological polar surface area (TPSA) is 127 Å². The van der Waals surface area contributed by atoms with Gasteiger partial charge in [0.25, 0.3) is 11.8 Å². The van der Waals surface area contributed by atoms with Crippen molar-refractivity contribution in [3.8, 4) is 0 Å². The average molecular weight is 413 g/mol. The van der Waals surface area contributed by atoms with Gasteiger partial charge in [-0.25, -0.2) is 9.59 Å². The van der Waals surface area contributed by atoms with Crippen LogP contribution in [0.25, 0.3) is 0 Å². The van der Waals surface area contributed by atoms with Gasteiger partial charge in [0.2, 0.25) is 0 Å². The third-order valence-corrected chi connectivity index (χ3v) is 4.74. The molecule has 1 aromatic carbocycles. The highest BCUT2D eigenvalue weighted by Gasteiger charge is 2.19. The quantitative estimate of drug-likeness (QED) is 0.625. The van der Waals surface area contributed by atoms with Gasteiger partial charge >= 0.3 is 12.0 Å². The van der Waals surface area contributed by atoms with Crippen molar-refractivity contribution in [1.82, 2.24) is 10.6 Å². The maximum absolute atomic E-state index is 12.3. The monoisotopic (exact) mass is 413 g/mol. The van der Waals surface area contributed by atoms with E-state index in [-0.39, 0.29) is 17.4 Å². The molecule has 1 aromatic heterocycles. The molecule has 0 bridgehead atoms. The van der Waals surface area contributed by atoms with E-state index >= 15 is 0 Å². The first-order valence-electron chi connectivity index (χ1n) is 9.65. The Bertz CT molecular complexity index is 932. The number of hydrogen-bond acceptors (Lipinski definition) is 6. The molecule has 158 valence electrons. The summed E-state index contributed by atoms with van der Waals surface area (Å²) in [5.74, 6) is -1.80. The van der Waals surface area contributed by atoms with Crippen molar-refractivity contribution in [2.24, 2.45) is 0 Å². The highest BCUT2D eigenvalue weighted by molar-refractivity contribution is 6.03. The summed E-state index contributed by atoms with van der Waals surface area (Å²) in [6.07, 6.45) is 5.27. The molecule has 9 nitrogen and oxygen atoms in total. The molecule has 0 saturated heterocycles. The van der Waals surface area contributed by atoms with Gasteiger partial charge in [-0.1, -0.05) is 18.9 Å². The molecule has 1 aliphatic carbocycles. The normalized spacial score (nSPS) is 13.5. The smallest absolute Gasteiger partial charge is 0.338 e. The van der Waals surface area contributed by atoms with Crippen molar-refractivity contribution >= 4 is 29.5 Å². The van der Waals surface area contributed by atoms with Crippen LogP contribution in [0.15, 0.2) is 41.0 Å². The molecule has 1 saturated carbocycles. The van der Waals surface area contributed by atoms with Crippen LogP contribution < -0.4 is 16.0 Å². The third-order valence-electron chi connectivity index (χ3n) is 4.74. The van der Waals surface area contributed by atoms with Crippen LogP contribution in [0.2, 0.25) is 0 Å². The molecule has 1 fully saturated rings. The summed E-state index contributed by atoms with van der Waals surface area (Å²) in [4.78, 5) is 48.0. The van der Waals surface area contributed by atoms with Gasteiger partial charge in [-0.15, -0.1) is 0 Å². The van der Waals surface area contributed by atoms with Crippen molar-refractivity contribution in [2.45, 2.75) is 38.6 Å². The number of aryl methyl sites for hydroxylation is 1. The second kappa shape index (κ2) is 9.73. The lowest BCUT2D eigenvalue weighted by Gasteiger charge is -2.12. The molecule has 0 unspecified atom stereocenters. The predicted octanol–water partition coefficient (Wildman–Crippen LogP) is 2.77. The van der Waals surface area contributed by atoms with Crippen LogP contribution in [0.5, 0.6) is 0 Å². The molecule has 1 heterocycles. The van der Waals surface area contributed by atoms with Crippen LogP contribution >= 0.6 is 0 Å². The predicted molar refractivity (Wildman–Crippen MR) is 107 cm³/mol. The minimum absolute atomic E-state index is 0.0720. The SMILES string of the molecule is Cc1ccc(C(=O)OCC(=O)NC(=O)NC2CCCC2)cc1NC(=O)c1ccco1. The summed E-state index contributed by atoms with van der Waals surface area (Å²) in [5, 5.41) is 7.52. The Morgan fingerprint density at radius 2 is 1.90 bits per heavy atom. The van der Waals surface area contributed by atoms with Crippen LogP contribution in [0, 0.1) is 6.92 Å². The first-order valence-corrected chi connectivity index (χ1v) is 9.65. The summed E-state index contributed by atoms with van der Waals surface area (Å²) >= 11 is 0. The molecule has 1 aliphatic rings. The molecule has 0 atom stereocenters. The van der Waals surface area contributed by atoms with Crippen LogP contribution in [0.3, 0.4) is 0 Å². The molecule has 0 radical (unpaired) electrons. The minimum Gasteiger partial charge on any atom is -0.459 e. The Kier molecular flexibility index (Phi) is 6.84. The molecule has 4 amide bonds. The second-order valence-electron chi connectivity index (χ2n) is 7.04. The van der Waals surface area contributed by atoms with Crippen molar-refractivity contribution in [2.75, 3.05) is 11.9 Å². The Balaban J connectivity index is 1.51. The zero-order chi connectivity index (χ0) is 21.5. The number of benzene rings is 1. The number of ether oxygens (including phenoxy) is 1. The first-order chi connectivity index (χ1) is 14.4. The standard InChI is InChI=1S/C21H23N3O6/c1-13-8-9-14(11-16(13)23-19(26)17-7-4-10-29-17)20(27)30-12-18(25)24-21(28)22-15-5-2-3-6-15/h4,7-11,15H,2-3,5-6,12H2,1H3,(H,23,26)(H2,22,24,25,28). The molecular formula is C21H23N3O6. The first kappa shape index (κ1) is 21.1. The van der Waals surface area contributed by atoms with Gasteiger partial charge in [0.15, 0.2) is 12.4 Å². The van der Waals surface area contributed by atoms with Crippen molar-refractivity contribution in [1.29, 1.82) is 0 Å². The summed E-state index contributed by atoms with van der Waals surface area (Å²) in [6, 6.07) is 7.19. The van der Waals surface area contributed by atoms with Crippen LogP contribution in [-0.2, 0) is 9.53 Å². The van der Waals surface area contributed by atoms with Gasteiger partial charge in [0.1, 0.15) is 0 Å². The van der Waals surface area contributed by atoms with Gasteiger partial charge in [-0.2, -0.15) is 0 Å². The number of hydrogen-bond donors (Lipinski definition) is 3. The number of carbonyl (C=O) groups is 4. The largest absolute Gasteiger partial charge is 0.459 e. The second-order valence-corrected chi connectivity index (χ2v) is 7.04. The minimum atomic E-state index is -0.755. The Morgan fingerprint density at radius 1 is 1.13 bits per heavy atom. The fourth-order valence-corrected chi connectivity index (χ4v) is 3.14. The van der Waals surface area contributed by atoms with E-state index in [1.165, 1.54) is 24.5 Å². The number of carbonyl (C=O) groups excluding carboxylic acids is 4. The zero-order valence-corrected chi connectivity index (χ0v) is 16.5. The lowest BCUT2D eigenvalue weighted by molar-refractivity contribution is -0.123. The van der Waals surface area contributed by atoms with Crippen LogP contribution in [-0.4, -0.2) is 36.5 Å². The summed E-state index contributed by atoms with van der Waals surface area (Å²) in [5.41, 5.74) is 1.29. The Hall–Kier alpha value is -3.62. The molecule has 0 spiro atoms. The number of imide groups is 1. The van der Waals surface area contributed by atoms with Crippen LogP contribution in [0.1, 0.15) is 52.2 Å². The van der Waals surface area contributed by atoms with E-state index in [0.717, 1.165) is 31.2 Å². The van der Waals surface area contributed by atoms with Gasteiger partial charge < -0.3 is 19.8 Å². The fourth-order valence-electron chi connectivity index (χ4n) is 3.14. The molecule has 0 aliphatic heterocycles. The number of esters is 1. The van der Waals surface area contributed by atoms with E-state index in [4.69, 9.17) is 9.15 Å². The van der Waals surface area contributed by atoms with E-state index in [2.05, 4.69) is 16.0 Å². The van der Waals surface area contributed by atoms with E-state index in [1.54, 1.807) is 19.1 Å². The number of rotatable bonds is 6. The number of nitrogens with one attached hydrogen (secondary N) is 3. The lowest BCUT2D eigenvalue weighted by atomic mass is 10.1. The van der Waals surface area contributed by atoms with E-state index in [1.807, 2.05) is 0 Å². The number of urea groups is 1. The van der Waals surface area contributed by atoms with Crippen molar-refractivity contribution < 1.29 is 28.3 Å². The van der Waals surface area contributed by atoms with E-state index in [9.17, 15) is 19.2 Å².